The van der Waals surface area contributed by atoms with Crippen LogP contribution in [0.5, 0.6) is 5.75 Å². The Morgan fingerprint density at radius 3 is 2.92 bits per heavy atom. The lowest BCUT2D eigenvalue weighted by Gasteiger charge is -2.32. The fourth-order valence-electron chi connectivity index (χ4n) is 3.25. The maximum atomic E-state index is 12.7. The van der Waals surface area contributed by atoms with E-state index in [1.807, 2.05) is 46.7 Å². The number of ether oxygens (including phenoxy) is 1. The molecule has 0 aliphatic carbocycles. The molecule has 1 aliphatic heterocycles. The van der Waals surface area contributed by atoms with Crippen LogP contribution >= 0.6 is 11.3 Å². The molecule has 1 amide bonds. The third kappa shape index (κ3) is 4.71. The molecule has 6 heteroatoms. The summed E-state index contributed by atoms with van der Waals surface area (Å²) in [5, 5.41) is 1.92. The Kier molecular flexibility index (Phi) is 6.41. The van der Waals surface area contributed by atoms with Crippen molar-refractivity contribution in [3.63, 3.8) is 0 Å². The average Bonchev–Trinajstić information content (AvgIpc) is 3.21. The third-order valence-electron chi connectivity index (χ3n) is 4.55. The number of rotatable bonds is 7. The maximum Gasteiger partial charge on any atom is 0.227 e. The zero-order valence-electron chi connectivity index (χ0n) is 14.7. The Hall–Kier alpha value is -2.18. The highest BCUT2D eigenvalue weighted by molar-refractivity contribution is 7.12. The minimum absolute atomic E-state index is 0.0599. The molecule has 26 heavy (non-hydrogen) atoms. The fraction of sp³-hybridized carbons (Fsp3) is 0.400. The molecule has 3 rings (SSSR count). The Morgan fingerprint density at radius 1 is 1.27 bits per heavy atom. The zero-order chi connectivity index (χ0) is 18.4. The first-order chi connectivity index (χ1) is 12.7. The van der Waals surface area contributed by atoms with Crippen LogP contribution in [0.1, 0.15) is 28.1 Å². The van der Waals surface area contributed by atoms with Crippen LogP contribution in [-0.2, 0) is 11.2 Å². The zero-order valence-corrected chi connectivity index (χ0v) is 15.5. The molecule has 0 saturated carbocycles. The second-order valence-electron chi connectivity index (χ2n) is 6.48. The fourth-order valence-corrected chi connectivity index (χ4v) is 3.99. The summed E-state index contributed by atoms with van der Waals surface area (Å²) in [5.74, 6) is 0.857. The first-order valence-electron chi connectivity index (χ1n) is 8.94. The van der Waals surface area contributed by atoms with Gasteiger partial charge >= 0.3 is 0 Å². The number of nitrogens with zero attached hydrogens (tertiary/aromatic N) is 1. The quantitative estimate of drug-likeness (QED) is 0.759. The molecule has 1 fully saturated rings. The van der Waals surface area contributed by atoms with Crippen molar-refractivity contribution in [1.82, 2.24) is 4.90 Å². The van der Waals surface area contributed by atoms with Crippen LogP contribution < -0.4 is 10.5 Å². The summed E-state index contributed by atoms with van der Waals surface area (Å²) in [7, 11) is 0. The van der Waals surface area contributed by atoms with Gasteiger partial charge in [-0.05, 0) is 42.0 Å². The number of piperidine rings is 1. The molecule has 1 unspecified atom stereocenters. The van der Waals surface area contributed by atoms with Crippen LogP contribution in [0.25, 0.3) is 0 Å². The smallest absolute Gasteiger partial charge is 0.227 e. The van der Waals surface area contributed by atoms with Crippen molar-refractivity contribution in [2.24, 2.45) is 11.7 Å². The van der Waals surface area contributed by atoms with E-state index in [-0.39, 0.29) is 17.6 Å². The third-order valence-corrected chi connectivity index (χ3v) is 5.43. The number of hydrogen-bond acceptors (Lipinski definition) is 5. The predicted molar refractivity (Wildman–Crippen MR) is 103 cm³/mol. The molecule has 1 saturated heterocycles. The number of carbonyl (C=O) groups is 2. The first-order valence-corrected chi connectivity index (χ1v) is 9.82. The number of Topliss-reactive ketones (excluding diaryl/α,β-unsaturated/α-hetero) is 1. The van der Waals surface area contributed by atoms with Gasteiger partial charge < -0.3 is 15.4 Å². The van der Waals surface area contributed by atoms with Gasteiger partial charge in [-0.2, -0.15) is 0 Å². The first kappa shape index (κ1) is 18.6. The number of carbonyl (C=O) groups excluding carboxylic acids is 2. The van der Waals surface area contributed by atoms with E-state index in [2.05, 4.69) is 0 Å². The number of ketones is 1. The van der Waals surface area contributed by atoms with Crippen LogP contribution in [0.3, 0.4) is 0 Å². The summed E-state index contributed by atoms with van der Waals surface area (Å²) in [6, 6.07) is 11.3. The van der Waals surface area contributed by atoms with Gasteiger partial charge in [0.1, 0.15) is 12.4 Å². The SMILES string of the molecule is NCCOc1cccc(CC(=O)N2CCCC(C(=O)c3cccs3)C2)c1. The standard InChI is InChI=1S/C20H24N2O3S/c21-8-10-25-17-6-1-4-15(12-17)13-19(23)22-9-2-5-16(14-22)20(24)18-7-3-11-26-18/h1,3-4,6-7,11-12,16H,2,5,8-10,13-14,21H2. The van der Waals surface area contributed by atoms with Crippen LogP contribution in [0.4, 0.5) is 0 Å². The van der Waals surface area contributed by atoms with Gasteiger partial charge in [0.25, 0.3) is 0 Å². The van der Waals surface area contributed by atoms with Gasteiger partial charge in [-0.1, -0.05) is 18.2 Å². The van der Waals surface area contributed by atoms with E-state index in [9.17, 15) is 9.59 Å². The minimum atomic E-state index is -0.0921. The number of benzene rings is 1. The summed E-state index contributed by atoms with van der Waals surface area (Å²) >= 11 is 1.47. The lowest BCUT2D eigenvalue weighted by atomic mass is 9.92. The molecule has 2 N–H and O–H groups in total. The van der Waals surface area contributed by atoms with E-state index < -0.39 is 0 Å². The molecule has 0 spiro atoms. The monoisotopic (exact) mass is 372 g/mol. The van der Waals surface area contributed by atoms with E-state index in [1.54, 1.807) is 0 Å². The van der Waals surface area contributed by atoms with E-state index in [0.717, 1.165) is 35.6 Å². The summed E-state index contributed by atoms with van der Waals surface area (Å²) in [4.78, 5) is 27.9. The lowest BCUT2D eigenvalue weighted by Crippen LogP contribution is -2.42. The van der Waals surface area contributed by atoms with Crippen LogP contribution in [0, 0.1) is 5.92 Å². The van der Waals surface area contributed by atoms with E-state index in [4.69, 9.17) is 10.5 Å². The summed E-state index contributed by atoms with van der Waals surface area (Å²) < 4.78 is 5.52. The molecule has 2 heterocycles. The average molecular weight is 372 g/mol. The van der Waals surface area contributed by atoms with Crippen molar-refractivity contribution in [2.75, 3.05) is 26.2 Å². The van der Waals surface area contributed by atoms with Gasteiger partial charge in [-0.3, -0.25) is 9.59 Å². The molecular weight excluding hydrogens is 348 g/mol. The second kappa shape index (κ2) is 8.96. The number of nitrogens with two attached hydrogens (primary N) is 1. The van der Waals surface area contributed by atoms with Gasteiger partial charge in [0.05, 0.1) is 11.3 Å². The second-order valence-corrected chi connectivity index (χ2v) is 7.43. The highest BCUT2D eigenvalue weighted by Gasteiger charge is 2.29. The van der Waals surface area contributed by atoms with Crippen molar-refractivity contribution in [2.45, 2.75) is 19.3 Å². The molecule has 2 aromatic rings. The summed E-state index contributed by atoms with van der Waals surface area (Å²) in [6.07, 6.45) is 2.04. The molecule has 138 valence electrons. The van der Waals surface area contributed by atoms with Gasteiger partial charge in [0, 0.05) is 25.6 Å². The summed E-state index contributed by atoms with van der Waals surface area (Å²) in [6.45, 7) is 2.14. The maximum absolute atomic E-state index is 12.7. The Morgan fingerprint density at radius 2 is 2.15 bits per heavy atom. The topological polar surface area (TPSA) is 72.6 Å². The van der Waals surface area contributed by atoms with Crippen LogP contribution in [0.2, 0.25) is 0 Å². The van der Waals surface area contributed by atoms with Crippen molar-refractivity contribution < 1.29 is 14.3 Å². The van der Waals surface area contributed by atoms with Gasteiger partial charge in [0.2, 0.25) is 5.91 Å². The minimum Gasteiger partial charge on any atom is -0.492 e. The molecule has 0 radical (unpaired) electrons. The van der Waals surface area contributed by atoms with E-state index >= 15 is 0 Å². The van der Waals surface area contributed by atoms with Crippen molar-refractivity contribution >= 4 is 23.0 Å². The highest BCUT2D eigenvalue weighted by Crippen LogP contribution is 2.24. The Labute approximate surface area is 157 Å². The molecular formula is C20H24N2O3S. The van der Waals surface area contributed by atoms with Crippen molar-refractivity contribution in [3.05, 3.63) is 52.2 Å². The number of likely N-dealkylation sites (tertiary alicyclic amines) is 1. The lowest BCUT2D eigenvalue weighted by molar-refractivity contribution is -0.131. The molecule has 1 atom stereocenters. The number of hydrogen-bond donors (Lipinski definition) is 1. The van der Waals surface area contributed by atoms with Gasteiger partial charge in [-0.25, -0.2) is 0 Å². The molecule has 1 aliphatic rings. The number of thiophene rings is 1. The van der Waals surface area contributed by atoms with Gasteiger partial charge in [0.15, 0.2) is 5.78 Å². The molecule has 0 bridgehead atoms. The van der Waals surface area contributed by atoms with Crippen molar-refractivity contribution in [1.29, 1.82) is 0 Å². The molecule has 1 aromatic heterocycles. The van der Waals surface area contributed by atoms with E-state index in [0.29, 0.717) is 26.1 Å². The molecule has 5 nitrogen and oxygen atoms in total. The predicted octanol–water partition coefficient (Wildman–Crippen LogP) is 2.75. The van der Waals surface area contributed by atoms with Crippen LogP contribution in [-0.4, -0.2) is 42.8 Å². The normalized spacial score (nSPS) is 17.1. The Balaban J connectivity index is 1.60. The van der Waals surface area contributed by atoms with Crippen molar-refractivity contribution in [3.8, 4) is 5.75 Å². The largest absolute Gasteiger partial charge is 0.492 e. The summed E-state index contributed by atoms with van der Waals surface area (Å²) in [5.41, 5.74) is 6.37. The molecule has 1 aromatic carbocycles. The highest BCUT2D eigenvalue weighted by atomic mass is 32.1. The van der Waals surface area contributed by atoms with Crippen LogP contribution in [0.15, 0.2) is 41.8 Å². The van der Waals surface area contributed by atoms with Gasteiger partial charge in [-0.15, -0.1) is 11.3 Å². The number of amides is 1. The van der Waals surface area contributed by atoms with E-state index in [1.165, 1.54) is 11.3 Å². The Bertz CT molecular complexity index is 745.